The van der Waals surface area contributed by atoms with Crippen LogP contribution in [-0.4, -0.2) is 67.6 Å². The standard InChI is InChI=1S/C20H32N2O5.3CH4/c1-14-19(17(23)13-27-14)21-20(25)16(11-15-5-3-2-4-6-15)12-18(24)22-7-9-26-10-8-22;;;/h14-16,19H,2-13H2,1H3,(H,21,25);3*1H4/t14-,16-,19-;;;/m1.../s1. The second-order valence-corrected chi connectivity index (χ2v) is 8.10. The molecule has 0 aromatic carbocycles. The van der Waals surface area contributed by atoms with Crippen molar-refractivity contribution in [2.24, 2.45) is 11.8 Å². The Hall–Kier alpha value is -1.47. The van der Waals surface area contributed by atoms with Crippen LogP contribution in [0.25, 0.3) is 0 Å². The second-order valence-electron chi connectivity index (χ2n) is 8.10. The summed E-state index contributed by atoms with van der Waals surface area (Å²) in [6, 6.07) is -0.593. The van der Waals surface area contributed by atoms with E-state index in [0.717, 1.165) is 19.3 Å². The van der Waals surface area contributed by atoms with Gasteiger partial charge in [0.25, 0.3) is 0 Å². The third kappa shape index (κ3) is 7.65. The number of Topliss-reactive ketones (excluding diaryl/α,β-unsaturated/α-hetero) is 1. The van der Waals surface area contributed by atoms with Crippen molar-refractivity contribution in [1.82, 2.24) is 10.2 Å². The lowest BCUT2D eigenvalue weighted by atomic mass is 9.81. The fraction of sp³-hybridized carbons (Fsp3) is 0.870. The molecule has 2 aliphatic heterocycles. The smallest absolute Gasteiger partial charge is 0.224 e. The van der Waals surface area contributed by atoms with Crippen molar-refractivity contribution in [2.75, 3.05) is 32.9 Å². The Labute approximate surface area is 183 Å². The van der Waals surface area contributed by atoms with Crippen LogP contribution in [0.2, 0.25) is 0 Å². The first-order valence-corrected chi connectivity index (χ1v) is 10.3. The zero-order valence-electron chi connectivity index (χ0n) is 16.3. The van der Waals surface area contributed by atoms with Crippen molar-refractivity contribution in [3.63, 3.8) is 0 Å². The molecule has 1 N–H and O–H groups in total. The zero-order chi connectivity index (χ0) is 19.2. The number of carbonyl (C=O) groups is 3. The van der Waals surface area contributed by atoms with E-state index in [0.29, 0.717) is 32.2 Å². The molecule has 1 saturated carbocycles. The van der Waals surface area contributed by atoms with Gasteiger partial charge in [0.2, 0.25) is 11.8 Å². The summed E-state index contributed by atoms with van der Waals surface area (Å²) in [5.74, 6) is -0.162. The number of morpholine rings is 1. The molecule has 1 aliphatic carbocycles. The predicted octanol–water partition coefficient (Wildman–Crippen LogP) is 3.20. The number of nitrogens with one attached hydrogen (secondary N) is 1. The maximum atomic E-state index is 13.0. The van der Waals surface area contributed by atoms with Crippen molar-refractivity contribution in [2.45, 2.75) is 86.3 Å². The second kappa shape index (κ2) is 13.8. The molecular weight excluding hydrogens is 384 g/mol. The maximum Gasteiger partial charge on any atom is 0.224 e. The minimum Gasteiger partial charge on any atom is -0.378 e. The Bertz CT molecular complexity index is 542. The van der Waals surface area contributed by atoms with E-state index in [4.69, 9.17) is 9.47 Å². The summed E-state index contributed by atoms with van der Waals surface area (Å²) in [6.07, 6.45) is 6.51. The van der Waals surface area contributed by atoms with E-state index < -0.39 is 6.04 Å². The van der Waals surface area contributed by atoms with Crippen molar-refractivity contribution in [3.8, 4) is 0 Å². The number of amides is 2. The molecule has 3 atom stereocenters. The van der Waals surface area contributed by atoms with Gasteiger partial charge in [0, 0.05) is 25.4 Å². The van der Waals surface area contributed by atoms with Gasteiger partial charge >= 0.3 is 0 Å². The average molecular weight is 429 g/mol. The minimum absolute atomic E-state index is 0. The van der Waals surface area contributed by atoms with Crippen molar-refractivity contribution in [3.05, 3.63) is 0 Å². The molecule has 3 aliphatic rings. The molecule has 3 rings (SSSR count). The number of hydrogen-bond donors (Lipinski definition) is 1. The van der Waals surface area contributed by atoms with Gasteiger partial charge in [-0.25, -0.2) is 0 Å². The molecule has 7 nitrogen and oxygen atoms in total. The van der Waals surface area contributed by atoms with Gasteiger partial charge in [0.05, 0.1) is 19.3 Å². The van der Waals surface area contributed by atoms with E-state index in [2.05, 4.69) is 5.32 Å². The van der Waals surface area contributed by atoms with Gasteiger partial charge in [0.1, 0.15) is 12.6 Å². The fourth-order valence-electron chi connectivity index (χ4n) is 4.39. The van der Waals surface area contributed by atoms with Crippen LogP contribution >= 0.6 is 0 Å². The van der Waals surface area contributed by atoms with Gasteiger partial charge < -0.3 is 19.7 Å². The highest BCUT2D eigenvalue weighted by Gasteiger charge is 2.36. The Morgan fingerprint density at radius 2 is 1.73 bits per heavy atom. The highest BCUT2D eigenvalue weighted by molar-refractivity contribution is 5.93. The molecule has 2 amide bonds. The first-order chi connectivity index (χ1) is 13.0. The van der Waals surface area contributed by atoms with Crippen LogP contribution in [0.5, 0.6) is 0 Å². The van der Waals surface area contributed by atoms with Gasteiger partial charge in [-0.15, -0.1) is 0 Å². The van der Waals surface area contributed by atoms with E-state index in [1.54, 1.807) is 11.8 Å². The third-order valence-electron chi connectivity index (χ3n) is 6.10. The number of hydrogen-bond acceptors (Lipinski definition) is 5. The molecule has 0 radical (unpaired) electrons. The maximum absolute atomic E-state index is 13.0. The van der Waals surface area contributed by atoms with Crippen LogP contribution in [0.1, 0.15) is 74.1 Å². The highest BCUT2D eigenvalue weighted by atomic mass is 16.5. The lowest BCUT2D eigenvalue weighted by Gasteiger charge is -2.30. The van der Waals surface area contributed by atoms with Gasteiger partial charge in [-0.1, -0.05) is 54.4 Å². The van der Waals surface area contributed by atoms with E-state index in [-0.39, 0.29) is 64.9 Å². The molecule has 2 saturated heterocycles. The zero-order valence-corrected chi connectivity index (χ0v) is 16.3. The monoisotopic (exact) mass is 428 g/mol. The van der Waals surface area contributed by atoms with Crippen LogP contribution in [-0.2, 0) is 23.9 Å². The molecule has 3 fully saturated rings. The lowest BCUT2D eigenvalue weighted by Crippen LogP contribution is -2.48. The van der Waals surface area contributed by atoms with Crippen molar-refractivity contribution >= 4 is 17.6 Å². The summed E-state index contributed by atoms with van der Waals surface area (Å²) in [5, 5.41) is 2.87. The van der Waals surface area contributed by atoms with Gasteiger partial charge in [-0.05, 0) is 19.3 Å². The van der Waals surface area contributed by atoms with Crippen LogP contribution in [0.3, 0.4) is 0 Å². The van der Waals surface area contributed by atoms with E-state index in [1.165, 1.54) is 19.3 Å². The third-order valence-corrected chi connectivity index (χ3v) is 6.10. The summed E-state index contributed by atoms with van der Waals surface area (Å²) < 4.78 is 10.6. The molecule has 7 heteroatoms. The summed E-state index contributed by atoms with van der Waals surface area (Å²) in [7, 11) is 0. The molecule has 0 unspecified atom stereocenters. The van der Waals surface area contributed by atoms with Crippen LogP contribution in [0, 0.1) is 11.8 Å². The lowest BCUT2D eigenvalue weighted by molar-refractivity contribution is -0.140. The number of carbonyl (C=O) groups excluding carboxylic acids is 3. The molecule has 30 heavy (non-hydrogen) atoms. The van der Waals surface area contributed by atoms with Gasteiger partial charge in [-0.2, -0.15) is 0 Å². The largest absolute Gasteiger partial charge is 0.378 e. The van der Waals surface area contributed by atoms with Crippen LogP contribution in [0.4, 0.5) is 0 Å². The average Bonchev–Trinajstić information content (AvgIpc) is 3.01. The van der Waals surface area contributed by atoms with E-state index >= 15 is 0 Å². The quantitative estimate of drug-likeness (QED) is 0.702. The summed E-state index contributed by atoms with van der Waals surface area (Å²) in [4.78, 5) is 39.4. The Morgan fingerprint density at radius 3 is 2.30 bits per heavy atom. The summed E-state index contributed by atoms with van der Waals surface area (Å²) in [6.45, 7) is 4.12. The molecule has 0 aromatic rings. The molecule has 0 spiro atoms. The SMILES string of the molecule is C.C.C.C[C@H]1OCC(=O)[C@@H]1NC(=O)[C@@H](CC(=O)N1CCOCC1)CC1CCCCC1. The molecule has 176 valence electrons. The molecular formula is C23H44N2O5. The van der Waals surface area contributed by atoms with Crippen LogP contribution in [0.15, 0.2) is 0 Å². The van der Waals surface area contributed by atoms with Gasteiger partial charge in [-0.3, -0.25) is 14.4 Å². The molecule has 0 bridgehead atoms. The Morgan fingerprint density at radius 1 is 1.10 bits per heavy atom. The molecule has 0 aromatic heterocycles. The Kier molecular flexibility index (Phi) is 13.1. The number of rotatable bonds is 6. The highest BCUT2D eigenvalue weighted by Crippen LogP contribution is 2.31. The summed E-state index contributed by atoms with van der Waals surface area (Å²) in [5.41, 5.74) is 0. The fourth-order valence-corrected chi connectivity index (χ4v) is 4.39. The van der Waals surface area contributed by atoms with Crippen molar-refractivity contribution in [1.29, 1.82) is 0 Å². The number of ketones is 1. The first kappa shape index (κ1) is 28.5. The van der Waals surface area contributed by atoms with Gasteiger partial charge in [0.15, 0.2) is 5.78 Å². The molecule has 2 heterocycles. The van der Waals surface area contributed by atoms with Crippen LogP contribution < -0.4 is 5.32 Å². The van der Waals surface area contributed by atoms with E-state index in [1.807, 2.05) is 0 Å². The number of nitrogens with zero attached hydrogens (tertiary/aromatic N) is 1. The topological polar surface area (TPSA) is 84.9 Å². The minimum atomic E-state index is -0.593. The van der Waals surface area contributed by atoms with Crippen molar-refractivity contribution < 1.29 is 23.9 Å². The number of ether oxygens (including phenoxy) is 2. The predicted molar refractivity (Wildman–Crippen MR) is 119 cm³/mol. The first-order valence-electron chi connectivity index (χ1n) is 10.3. The summed E-state index contributed by atoms with van der Waals surface area (Å²) >= 11 is 0. The van der Waals surface area contributed by atoms with E-state index in [9.17, 15) is 14.4 Å². The Balaban J connectivity index is 0.00000280. The normalized spacial score (nSPS) is 25.4.